The maximum absolute atomic E-state index is 13.5. The standard InChI is InChI=1S/C30H54N2O6/c1-12-29(9,26(36)38-28(7,8)19-27(4,5)6)20-30(10,25(35)31-11)18-21(2)24(34)37-22(3)32-17-15-13-14-16-23(32)33/h21-22H,12-20H2,1-11H3,(H,31,35). The Labute approximate surface area is 230 Å². The summed E-state index contributed by atoms with van der Waals surface area (Å²) in [6, 6.07) is 0. The first-order chi connectivity index (χ1) is 17.3. The van der Waals surface area contributed by atoms with E-state index < -0.39 is 34.5 Å². The molecule has 1 rings (SSSR count). The third-order valence-corrected chi connectivity index (χ3v) is 7.65. The summed E-state index contributed by atoms with van der Waals surface area (Å²) in [5.74, 6) is -1.66. The van der Waals surface area contributed by atoms with Gasteiger partial charge in [0.25, 0.3) is 0 Å². The zero-order valence-corrected chi connectivity index (χ0v) is 25.9. The van der Waals surface area contributed by atoms with Gasteiger partial charge in [-0.2, -0.15) is 0 Å². The topological polar surface area (TPSA) is 102 Å². The molecule has 1 heterocycles. The molecule has 38 heavy (non-hydrogen) atoms. The molecule has 4 atom stereocenters. The van der Waals surface area contributed by atoms with Gasteiger partial charge in [-0.15, -0.1) is 0 Å². The van der Waals surface area contributed by atoms with Crippen molar-refractivity contribution in [1.29, 1.82) is 0 Å². The molecule has 1 saturated heterocycles. The van der Waals surface area contributed by atoms with Crippen molar-refractivity contribution < 1.29 is 28.7 Å². The van der Waals surface area contributed by atoms with E-state index in [0.717, 1.165) is 19.3 Å². The Morgan fingerprint density at radius 3 is 2.08 bits per heavy atom. The molecular formula is C30H54N2O6. The SMILES string of the molecule is CCC(C)(CC(C)(CC(C)C(=O)OC(C)N1CCCCCC1=O)C(=O)NC)C(=O)OC(C)(C)CC(C)(C)C. The van der Waals surface area contributed by atoms with E-state index in [0.29, 0.717) is 25.8 Å². The average molecular weight is 539 g/mol. The Kier molecular flexibility index (Phi) is 11.9. The van der Waals surface area contributed by atoms with Crippen LogP contribution in [0.2, 0.25) is 0 Å². The van der Waals surface area contributed by atoms with Crippen molar-refractivity contribution in [3.63, 3.8) is 0 Å². The molecule has 0 saturated carbocycles. The van der Waals surface area contributed by atoms with Crippen LogP contribution in [0.1, 0.15) is 121 Å². The van der Waals surface area contributed by atoms with Gasteiger partial charge in [0.05, 0.1) is 11.3 Å². The summed E-state index contributed by atoms with van der Waals surface area (Å²) in [6.45, 7) is 19.7. The van der Waals surface area contributed by atoms with Crippen LogP contribution in [0.5, 0.6) is 0 Å². The van der Waals surface area contributed by atoms with Crippen molar-refractivity contribution >= 4 is 23.8 Å². The highest BCUT2D eigenvalue weighted by atomic mass is 16.6. The molecule has 0 aromatic carbocycles. The molecule has 0 aliphatic carbocycles. The number of carbonyl (C=O) groups is 4. The van der Waals surface area contributed by atoms with Crippen LogP contribution >= 0.6 is 0 Å². The molecule has 1 aliphatic heterocycles. The van der Waals surface area contributed by atoms with E-state index in [2.05, 4.69) is 26.1 Å². The molecular weight excluding hydrogens is 484 g/mol. The van der Waals surface area contributed by atoms with Gasteiger partial charge in [-0.05, 0) is 71.6 Å². The largest absolute Gasteiger partial charge is 0.459 e. The van der Waals surface area contributed by atoms with E-state index in [1.165, 1.54) is 0 Å². The van der Waals surface area contributed by atoms with Crippen molar-refractivity contribution in [2.75, 3.05) is 13.6 Å². The van der Waals surface area contributed by atoms with Crippen LogP contribution in [0.3, 0.4) is 0 Å². The smallest absolute Gasteiger partial charge is 0.312 e. The van der Waals surface area contributed by atoms with E-state index >= 15 is 0 Å². The average Bonchev–Trinajstić information content (AvgIpc) is 3.00. The Balaban J connectivity index is 3.05. The number of esters is 2. The molecule has 8 nitrogen and oxygen atoms in total. The Bertz CT molecular complexity index is 848. The van der Waals surface area contributed by atoms with E-state index in [1.54, 1.807) is 32.7 Å². The van der Waals surface area contributed by atoms with Gasteiger partial charge in [-0.1, -0.05) is 48.0 Å². The monoisotopic (exact) mass is 538 g/mol. The van der Waals surface area contributed by atoms with Crippen molar-refractivity contribution in [1.82, 2.24) is 10.2 Å². The maximum Gasteiger partial charge on any atom is 0.312 e. The fraction of sp³-hybridized carbons (Fsp3) is 0.867. The minimum absolute atomic E-state index is 0.00254. The lowest BCUT2D eigenvalue weighted by atomic mass is 9.67. The zero-order valence-electron chi connectivity index (χ0n) is 25.9. The van der Waals surface area contributed by atoms with Crippen LogP contribution in [0.15, 0.2) is 0 Å². The zero-order chi connectivity index (χ0) is 29.5. The van der Waals surface area contributed by atoms with Gasteiger partial charge < -0.3 is 19.7 Å². The molecule has 0 bridgehead atoms. The maximum atomic E-state index is 13.5. The summed E-state index contributed by atoms with van der Waals surface area (Å²) in [6.07, 6.45) is 4.11. The first-order valence-corrected chi connectivity index (χ1v) is 14.2. The van der Waals surface area contributed by atoms with Crippen LogP contribution < -0.4 is 5.32 Å². The molecule has 8 heteroatoms. The minimum Gasteiger partial charge on any atom is -0.459 e. The number of likely N-dealkylation sites (tertiary alicyclic amines) is 1. The molecule has 4 unspecified atom stereocenters. The summed E-state index contributed by atoms with van der Waals surface area (Å²) in [4.78, 5) is 53.8. The number of rotatable bonds is 12. The molecule has 0 aromatic heterocycles. The van der Waals surface area contributed by atoms with Crippen molar-refractivity contribution in [2.24, 2.45) is 22.2 Å². The third-order valence-electron chi connectivity index (χ3n) is 7.65. The summed E-state index contributed by atoms with van der Waals surface area (Å²) < 4.78 is 11.7. The fourth-order valence-electron chi connectivity index (χ4n) is 5.93. The molecule has 1 N–H and O–H groups in total. The quantitative estimate of drug-likeness (QED) is 0.324. The first-order valence-electron chi connectivity index (χ1n) is 14.2. The molecule has 0 radical (unpaired) electrons. The van der Waals surface area contributed by atoms with Gasteiger partial charge in [-0.3, -0.25) is 19.2 Å². The second kappa shape index (κ2) is 13.3. The molecule has 1 aliphatic rings. The molecule has 220 valence electrons. The van der Waals surface area contributed by atoms with E-state index in [-0.39, 0.29) is 36.0 Å². The second-order valence-corrected chi connectivity index (χ2v) is 13.7. The summed E-state index contributed by atoms with van der Waals surface area (Å²) >= 11 is 0. The normalized spacial score (nSPS) is 19.9. The minimum atomic E-state index is -1.02. The molecule has 0 spiro atoms. The van der Waals surface area contributed by atoms with E-state index in [9.17, 15) is 19.2 Å². The van der Waals surface area contributed by atoms with E-state index in [4.69, 9.17) is 9.47 Å². The predicted molar refractivity (Wildman–Crippen MR) is 149 cm³/mol. The van der Waals surface area contributed by atoms with Gasteiger partial charge in [0.1, 0.15) is 5.60 Å². The lowest BCUT2D eigenvalue weighted by molar-refractivity contribution is -0.173. The van der Waals surface area contributed by atoms with Crippen LogP contribution in [-0.4, -0.2) is 54.1 Å². The predicted octanol–water partition coefficient (Wildman–Crippen LogP) is 5.62. The second-order valence-electron chi connectivity index (χ2n) is 13.7. The molecule has 0 aromatic rings. The van der Waals surface area contributed by atoms with Gasteiger partial charge in [0, 0.05) is 25.4 Å². The van der Waals surface area contributed by atoms with Crippen LogP contribution in [0, 0.1) is 22.2 Å². The highest BCUT2D eigenvalue weighted by Crippen LogP contribution is 2.43. The highest BCUT2D eigenvalue weighted by Gasteiger charge is 2.47. The van der Waals surface area contributed by atoms with Gasteiger partial charge in [-0.25, -0.2) is 0 Å². The lowest BCUT2D eigenvalue weighted by Crippen LogP contribution is -2.47. The van der Waals surface area contributed by atoms with Crippen LogP contribution in [-0.2, 0) is 28.7 Å². The number of hydrogen-bond acceptors (Lipinski definition) is 6. The van der Waals surface area contributed by atoms with Gasteiger partial charge in [0.15, 0.2) is 6.23 Å². The first kappa shape index (κ1) is 33.9. The lowest BCUT2D eigenvalue weighted by Gasteiger charge is -2.40. The number of ether oxygens (including phenoxy) is 2. The fourth-order valence-corrected chi connectivity index (χ4v) is 5.93. The van der Waals surface area contributed by atoms with Crippen molar-refractivity contribution in [3.05, 3.63) is 0 Å². The summed E-state index contributed by atoms with van der Waals surface area (Å²) in [5, 5.41) is 2.72. The molecule has 1 fully saturated rings. The summed E-state index contributed by atoms with van der Waals surface area (Å²) in [7, 11) is 1.56. The number of nitrogens with zero attached hydrogens (tertiary/aromatic N) is 1. The molecule has 2 amide bonds. The van der Waals surface area contributed by atoms with E-state index in [1.807, 2.05) is 27.7 Å². The van der Waals surface area contributed by atoms with Crippen LogP contribution in [0.4, 0.5) is 0 Å². The van der Waals surface area contributed by atoms with Gasteiger partial charge >= 0.3 is 11.9 Å². The number of amides is 2. The van der Waals surface area contributed by atoms with Crippen molar-refractivity contribution in [3.8, 4) is 0 Å². The Morgan fingerprint density at radius 1 is 0.947 bits per heavy atom. The number of nitrogens with one attached hydrogen (secondary N) is 1. The van der Waals surface area contributed by atoms with Crippen LogP contribution in [0.25, 0.3) is 0 Å². The number of carbonyl (C=O) groups excluding carboxylic acids is 4. The van der Waals surface area contributed by atoms with Gasteiger partial charge in [0.2, 0.25) is 11.8 Å². The van der Waals surface area contributed by atoms with Crippen molar-refractivity contribution in [2.45, 2.75) is 132 Å². The Hall–Kier alpha value is -2.12. The highest BCUT2D eigenvalue weighted by molar-refractivity contribution is 5.85. The summed E-state index contributed by atoms with van der Waals surface area (Å²) in [5.41, 5.74) is -2.63. The number of hydrogen-bond donors (Lipinski definition) is 1. The third kappa shape index (κ3) is 9.88. The Morgan fingerprint density at radius 2 is 1.55 bits per heavy atom.